The van der Waals surface area contributed by atoms with Crippen molar-refractivity contribution in [3.05, 3.63) is 184 Å². The van der Waals surface area contributed by atoms with E-state index in [1.54, 1.807) is 5.57 Å². The zero-order chi connectivity index (χ0) is 32.2. The largest absolute Gasteiger partial charge is 0.309 e. The van der Waals surface area contributed by atoms with Gasteiger partial charge in [-0.25, -0.2) is 0 Å². The second-order valence-corrected chi connectivity index (χ2v) is 14.6. The van der Waals surface area contributed by atoms with Gasteiger partial charge in [-0.3, -0.25) is 0 Å². The Morgan fingerprint density at radius 1 is 0.625 bits per heavy atom. The highest BCUT2D eigenvalue weighted by atomic mass is 15.0. The summed E-state index contributed by atoms with van der Waals surface area (Å²) in [6, 6.07) is 50.7. The molecule has 2 unspecified atom stereocenters. The van der Waals surface area contributed by atoms with Crippen LogP contribution in [0.2, 0.25) is 0 Å². The molecule has 1 aliphatic heterocycles. The predicted molar refractivity (Wildman–Crippen MR) is 201 cm³/mol. The van der Waals surface area contributed by atoms with E-state index in [0.717, 1.165) is 6.42 Å². The maximum Gasteiger partial charge on any atom is 0.0757 e. The molecule has 1 spiro atoms. The van der Waals surface area contributed by atoms with Gasteiger partial charge in [0.25, 0.3) is 0 Å². The van der Waals surface area contributed by atoms with Crippen LogP contribution in [0.4, 0.5) is 0 Å². The van der Waals surface area contributed by atoms with Crippen molar-refractivity contribution in [3.8, 4) is 16.8 Å². The molecule has 0 saturated heterocycles. The van der Waals surface area contributed by atoms with Gasteiger partial charge in [0, 0.05) is 22.1 Å². The highest BCUT2D eigenvalue weighted by Gasteiger charge is 2.51. The number of aromatic nitrogens is 1. The molecule has 0 bridgehead atoms. The summed E-state index contributed by atoms with van der Waals surface area (Å²) in [5, 5.41) is 2.64. The van der Waals surface area contributed by atoms with E-state index in [2.05, 4.69) is 165 Å². The first-order valence-corrected chi connectivity index (χ1v) is 17.7. The zero-order valence-electron chi connectivity index (χ0n) is 27.9. The lowest BCUT2D eigenvalue weighted by molar-refractivity contribution is 0.589. The van der Waals surface area contributed by atoms with Crippen molar-refractivity contribution < 1.29 is 0 Å². The van der Waals surface area contributed by atoms with E-state index >= 15 is 0 Å². The summed E-state index contributed by atoms with van der Waals surface area (Å²) in [7, 11) is 0. The standard InChI is InChI=1S/C47H39N/c1-4-15-31-32-17-5-8-22-37(32)46(2,3)38(31)29-28-30-16-13-20-35-33-18-6-9-23-39(33)47(44(30)35)40-24-10-12-27-43(40)48-42-26-11-7-19-34(42)36-21-14-25-41(47)45(36)48/h5-14,16-27,29,31H,4,15,28H2,1-3H3/b38-29+. The van der Waals surface area contributed by atoms with Crippen LogP contribution >= 0.6 is 0 Å². The molecule has 0 amide bonds. The third-order valence-electron chi connectivity index (χ3n) is 12.0. The molecule has 10 rings (SSSR count). The first-order valence-electron chi connectivity index (χ1n) is 17.7. The van der Waals surface area contributed by atoms with Crippen LogP contribution in [0.3, 0.4) is 0 Å². The lowest BCUT2D eigenvalue weighted by Gasteiger charge is -2.40. The molecular formula is C47H39N. The zero-order valence-corrected chi connectivity index (χ0v) is 27.9. The minimum atomic E-state index is -0.418. The number of rotatable bonds is 4. The van der Waals surface area contributed by atoms with Gasteiger partial charge in [0.05, 0.1) is 22.1 Å². The van der Waals surface area contributed by atoms with E-state index in [0.29, 0.717) is 5.92 Å². The van der Waals surface area contributed by atoms with Crippen molar-refractivity contribution in [2.24, 2.45) is 0 Å². The van der Waals surface area contributed by atoms with Crippen LogP contribution in [0.15, 0.2) is 145 Å². The van der Waals surface area contributed by atoms with Crippen LogP contribution in [-0.2, 0) is 17.3 Å². The Kier molecular flexibility index (Phi) is 5.78. The first-order chi connectivity index (χ1) is 23.6. The first kappa shape index (κ1) is 27.9. The van der Waals surface area contributed by atoms with Gasteiger partial charge >= 0.3 is 0 Å². The Morgan fingerprint density at radius 3 is 2.17 bits per heavy atom. The molecule has 6 aromatic carbocycles. The van der Waals surface area contributed by atoms with Gasteiger partial charge < -0.3 is 4.57 Å². The van der Waals surface area contributed by atoms with Crippen molar-refractivity contribution in [2.75, 3.05) is 0 Å². The monoisotopic (exact) mass is 617 g/mol. The topological polar surface area (TPSA) is 4.93 Å². The van der Waals surface area contributed by atoms with Crippen molar-refractivity contribution in [1.82, 2.24) is 4.57 Å². The lowest BCUT2D eigenvalue weighted by atomic mass is 9.64. The maximum absolute atomic E-state index is 2.62. The van der Waals surface area contributed by atoms with Gasteiger partial charge in [0.1, 0.15) is 0 Å². The molecule has 7 aromatic rings. The minimum absolute atomic E-state index is 0.0129. The molecule has 0 saturated carbocycles. The summed E-state index contributed by atoms with van der Waals surface area (Å²) >= 11 is 0. The number of allylic oxidation sites excluding steroid dienone is 2. The van der Waals surface area contributed by atoms with E-state index in [1.807, 2.05) is 0 Å². The fraction of sp³-hybridized carbons (Fsp3) is 0.191. The smallest absolute Gasteiger partial charge is 0.0757 e. The van der Waals surface area contributed by atoms with Gasteiger partial charge in [0.15, 0.2) is 0 Å². The Labute approximate surface area is 283 Å². The molecule has 2 aliphatic carbocycles. The van der Waals surface area contributed by atoms with Crippen molar-refractivity contribution in [3.63, 3.8) is 0 Å². The third-order valence-corrected chi connectivity index (χ3v) is 12.0. The second kappa shape index (κ2) is 9.94. The van der Waals surface area contributed by atoms with Crippen LogP contribution in [-0.4, -0.2) is 4.57 Å². The SMILES string of the molecule is CCCC1/C(=C\Cc2cccc3c2C2(c4ccccc4-3)c3ccccc3-n3c4ccccc4c4cccc2c43)C(C)(C)c2ccccc21. The van der Waals surface area contributed by atoms with Crippen molar-refractivity contribution >= 4 is 21.8 Å². The minimum Gasteiger partial charge on any atom is -0.309 e. The number of hydrogen-bond donors (Lipinski definition) is 0. The summed E-state index contributed by atoms with van der Waals surface area (Å²) < 4.78 is 2.54. The van der Waals surface area contributed by atoms with Gasteiger partial charge in [-0.15, -0.1) is 0 Å². The van der Waals surface area contributed by atoms with E-state index in [1.165, 1.54) is 90.4 Å². The van der Waals surface area contributed by atoms with Crippen LogP contribution in [0, 0.1) is 0 Å². The van der Waals surface area contributed by atoms with Gasteiger partial charge in [0.2, 0.25) is 0 Å². The molecule has 1 aromatic heterocycles. The van der Waals surface area contributed by atoms with Crippen molar-refractivity contribution in [2.45, 2.75) is 56.8 Å². The quantitative estimate of drug-likeness (QED) is 0.173. The highest BCUT2D eigenvalue weighted by molar-refractivity contribution is 6.12. The summed E-state index contributed by atoms with van der Waals surface area (Å²) in [6.45, 7) is 7.21. The normalized spacial score (nSPS) is 20.3. The molecule has 0 N–H and O–H groups in total. The summed E-state index contributed by atoms with van der Waals surface area (Å²) in [5.41, 5.74) is 17.9. The van der Waals surface area contributed by atoms with E-state index in [-0.39, 0.29) is 5.41 Å². The molecule has 1 nitrogen and oxygen atoms in total. The van der Waals surface area contributed by atoms with Gasteiger partial charge in [-0.2, -0.15) is 0 Å². The van der Waals surface area contributed by atoms with E-state index < -0.39 is 5.41 Å². The molecule has 0 fully saturated rings. The van der Waals surface area contributed by atoms with E-state index in [4.69, 9.17) is 0 Å². The summed E-state index contributed by atoms with van der Waals surface area (Å²) in [5.74, 6) is 0.476. The fourth-order valence-corrected chi connectivity index (χ4v) is 10.2. The predicted octanol–water partition coefficient (Wildman–Crippen LogP) is 11.8. The van der Waals surface area contributed by atoms with Gasteiger partial charge in [-0.05, 0) is 75.0 Å². The van der Waals surface area contributed by atoms with Crippen LogP contribution in [0.25, 0.3) is 38.6 Å². The molecule has 2 heterocycles. The lowest BCUT2D eigenvalue weighted by Crippen LogP contribution is -2.34. The van der Waals surface area contributed by atoms with Crippen LogP contribution in [0.5, 0.6) is 0 Å². The number of hydrogen-bond acceptors (Lipinski definition) is 0. The Morgan fingerprint density at radius 2 is 1.29 bits per heavy atom. The number of fused-ring (bicyclic) bond motifs is 13. The molecule has 3 aliphatic rings. The van der Waals surface area contributed by atoms with Crippen molar-refractivity contribution in [1.29, 1.82) is 0 Å². The number of nitrogens with zero attached hydrogens (tertiary/aromatic N) is 1. The summed E-state index contributed by atoms with van der Waals surface area (Å²) in [4.78, 5) is 0. The third kappa shape index (κ3) is 3.37. The number of benzene rings is 6. The van der Waals surface area contributed by atoms with E-state index in [9.17, 15) is 0 Å². The van der Waals surface area contributed by atoms with Gasteiger partial charge in [-0.1, -0.05) is 160 Å². The Balaban J connectivity index is 1.28. The molecule has 232 valence electrons. The molecule has 0 radical (unpaired) electrons. The Bertz CT molecular complexity index is 2490. The van der Waals surface area contributed by atoms with Crippen LogP contribution < -0.4 is 0 Å². The maximum atomic E-state index is 2.62. The Hall–Kier alpha value is -5.14. The molecular weight excluding hydrogens is 579 g/mol. The fourth-order valence-electron chi connectivity index (χ4n) is 10.2. The average molecular weight is 618 g/mol. The van der Waals surface area contributed by atoms with Crippen LogP contribution in [0.1, 0.15) is 78.5 Å². The molecule has 2 atom stereocenters. The summed E-state index contributed by atoms with van der Waals surface area (Å²) in [6.07, 6.45) is 5.90. The molecule has 1 heteroatoms. The second-order valence-electron chi connectivity index (χ2n) is 14.6. The highest BCUT2D eigenvalue weighted by Crippen LogP contribution is 2.62. The average Bonchev–Trinajstić information content (AvgIpc) is 3.70. The number of para-hydroxylation sites is 3. The molecule has 48 heavy (non-hydrogen) atoms.